The molecule has 0 atom stereocenters. The van der Waals surface area contributed by atoms with Crippen LogP contribution in [-0.2, 0) is 0 Å². The molecule has 0 aliphatic carbocycles. The number of fused-ring (bicyclic) bond motifs is 1. The smallest absolute Gasteiger partial charge is 0.277 e. The van der Waals surface area contributed by atoms with Gasteiger partial charge in [-0.05, 0) is 31.2 Å². The van der Waals surface area contributed by atoms with Crippen molar-refractivity contribution in [2.75, 3.05) is 5.43 Å². The molecule has 0 spiro atoms. The van der Waals surface area contributed by atoms with Crippen molar-refractivity contribution < 1.29 is 9.72 Å². The van der Waals surface area contributed by atoms with Crippen LogP contribution in [0.2, 0.25) is 0 Å². The number of aromatic nitrogens is 1. The van der Waals surface area contributed by atoms with E-state index in [1.807, 2.05) is 6.92 Å². The highest BCUT2D eigenvalue weighted by Gasteiger charge is 2.14. The highest BCUT2D eigenvalue weighted by molar-refractivity contribution is 6.01. The molecule has 3 aromatic rings. The van der Waals surface area contributed by atoms with E-state index in [1.165, 1.54) is 12.3 Å². The maximum absolute atomic E-state index is 12.1. The molecule has 0 aliphatic rings. The molecular formula is C17H14N4O3. The Bertz CT molecular complexity index is 923. The number of anilines is 1. The average molecular weight is 322 g/mol. The van der Waals surface area contributed by atoms with Gasteiger partial charge in [0.15, 0.2) is 0 Å². The first-order valence-corrected chi connectivity index (χ1v) is 7.21. The third-order valence-electron chi connectivity index (χ3n) is 3.58. The SMILES string of the molecule is Cc1ccc(C(=O)NNc2ccc([N+](=O)[O-])c3ccccc23)cn1. The van der Waals surface area contributed by atoms with Gasteiger partial charge in [-0.25, -0.2) is 0 Å². The van der Waals surface area contributed by atoms with Gasteiger partial charge in [0.05, 0.1) is 21.6 Å². The van der Waals surface area contributed by atoms with Crippen molar-refractivity contribution in [2.24, 2.45) is 0 Å². The molecule has 120 valence electrons. The van der Waals surface area contributed by atoms with Gasteiger partial charge in [-0.2, -0.15) is 0 Å². The van der Waals surface area contributed by atoms with Crippen LogP contribution in [0.25, 0.3) is 10.8 Å². The Morgan fingerprint density at radius 1 is 1.08 bits per heavy atom. The second-order valence-corrected chi connectivity index (χ2v) is 5.20. The molecule has 24 heavy (non-hydrogen) atoms. The van der Waals surface area contributed by atoms with Crippen molar-refractivity contribution in [3.8, 4) is 0 Å². The van der Waals surface area contributed by atoms with Crippen LogP contribution in [-0.4, -0.2) is 15.8 Å². The van der Waals surface area contributed by atoms with Crippen molar-refractivity contribution in [3.05, 3.63) is 76.1 Å². The van der Waals surface area contributed by atoms with Crippen molar-refractivity contribution in [2.45, 2.75) is 6.92 Å². The minimum absolute atomic E-state index is 0.0187. The van der Waals surface area contributed by atoms with E-state index in [-0.39, 0.29) is 11.6 Å². The maximum Gasteiger partial charge on any atom is 0.277 e. The zero-order valence-corrected chi connectivity index (χ0v) is 12.8. The van der Waals surface area contributed by atoms with E-state index >= 15 is 0 Å². The summed E-state index contributed by atoms with van der Waals surface area (Å²) < 4.78 is 0. The molecule has 0 fully saturated rings. The quantitative estimate of drug-likeness (QED) is 0.568. The number of hydrazine groups is 1. The molecule has 2 N–H and O–H groups in total. The van der Waals surface area contributed by atoms with Gasteiger partial charge in [0.25, 0.3) is 11.6 Å². The second-order valence-electron chi connectivity index (χ2n) is 5.20. The van der Waals surface area contributed by atoms with Crippen LogP contribution in [0.15, 0.2) is 54.7 Å². The standard InChI is InChI=1S/C17H14N4O3/c1-11-6-7-12(10-18-11)17(22)20-19-15-8-9-16(21(23)24)14-5-3-2-4-13(14)15/h2-10,19H,1H3,(H,20,22). The molecule has 7 nitrogen and oxygen atoms in total. The van der Waals surface area contributed by atoms with Crippen molar-refractivity contribution in [3.63, 3.8) is 0 Å². The van der Waals surface area contributed by atoms with Gasteiger partial charge >= 0.3 is 0 Å². The van der Waals surface area contributed by atoms with E-state index in [4.69, 9.17) is 0 Å². The largest absolute Gasteiger partial charge is 0.298 e. The number of carbonyl (C=O) groups excluding carboxylic acids is 1. The number of amides is 1. The van der Waals surface area contributed by atoms with Crippen LogP contribution in [0.1, 0.15) is 16.1 Å². The molecule has 1 amide bonds. The highest BCUT2D eigenvalue weighted by Crippen LogP contribution is 2.30. The number of hydrogen-bond acceptors (Lipinski definition) is 5. The van der Waals surface area contributed by atoms with Crippen LogP contribution >= 0.6 is 0 Å². The number of benzene rings is 2. The Balaban J connectivity index is 1.85. The zero-order valence-electron chi connectivity index (χ0n) is 12.8. The summed E-state index contributed by atoms with van der Waals surface area (Å²) in [7, 11) is 0. The van der Waals surface area contributed by atoms with E-state index in [2.05, 4.69) is 15.8 Å². The topological polar surface area (TPSA) is 97.2 Å². The molecule has 1 heterocycles. The van der Waals surface area contributed by atoms with Gasteiger partial charge in [-0.1, -0.05) is 18.2 Å². The van der Waals surface area contributed by atoms with Crippen LogP contribution in [0, 0.1) is 17.0 Å². The fourth-order valence-electron chi connectivity index (χ4n) is 2.35. The number of non-ortho nitro benzene ring substituents is 1. The third-order valence-corrected chi connectivity index (χ3v) is 3.58. The summed E-state index contributed by atoms with van der Waals surface area (Å²) in [6.07, 6.45) is 1.49. The van der Waals surface area contributed by atoms with E-state index in [9.17, 15) is 14.9 Å². The fourth-order valence-corrected chi connectivity index (χ4v) is 2.35. The Hall–Kier alpha value is -3.48. The molecule has 0 radical (unpaired) electrons. The summed E-state index contributed by atoms with van der Waals surface area (Å²) >= 11 is 0. The Morgan fingerprint density at radius 3 is 2.50 bits per heavy atom. The minimum atomic E-state index is -0.428. The Morgan fingerprint density at radius 2 is 1.83 bits per heavy atom. The van der Waals surface area contributed by atoms with E-state index in [0.717, 1.165) is 5.69 Å². The molecule has 2 aromatic carbocycles. The number of carbonyl (C=O) groups is 1. The monoisotopic (exact) mass is 322 g/mol. The number of nitro benzene ring substituents is 1. The molecule has 0 saturated carbocycles. The summed E-state index contributed by atoms with van der Waals surface area (Å²) in [5.41, 5.74) is 7.22. The van der Waals surface area contributed by atoms with Gasteiger partial charge in [-0.3, -0.25) is 30.7 Å². The predicted molar refractivity (Wildman–Crippen MR) is 90.7 cm³/mol. The second kappa shape index (κ2) is 6.33. The molecule has 7 heteroatoms. The van der Waals surface area contributed by atoms with E-state index < -0.39 is 4.92 Å². The zero-order chi connectivity index (χ0) is 17.1. The average Bonchev–Trinajstić information content (AvgIpc) is 2.59. The third kappa shape index (κ3) is 3.00. The number of nitrogens with one attached hydrogen (secondary N) is 2. The lowest BCUT2D eigenvalue weighted by atomic mass is 10.1. The van der Waals surface area contributed by atoms with Gasteiger partial charge in [0.1, 0.15) is 0 Å². The molecular weight excluding hydrogens is 308 g/mol. The number of rotatable bonds is 4. The maximum atomic E-state index is 12.1. The molecule has 3 rings (SSSR count). The van der Waals surface area contributed by atoms with Gasteiger partial charge in [0.2, 0.25) is 0 Å². The molecule has 0 saturated heterocycles. The van der Waals surface area contributed by atoms with Crippen LogP contribution in [0.4, 0.5) is 11.4 Å². The molecule has 0 aliphatic heterocycles. The number of aryl methyl sites for hydroxylation is 1. The number of pyridine rings is 1. The summed E-state index contributed by atoms with van der Waals surface area (Å²) in [5, 5.41) is 12.3. The summed E-state index contributed by atoms with van der Waals surface area (Å²) in [6, 6.07) is 13.3. The Labute approximate surface area is 137 Å². The van der Waals surface area contributed by atoms with Crippen LogP contribution < -0.4 is 10.9 Å². The summed E-state index contributed by atoms with van der Waals surface area (Å²) in [5.74, 6) is -0.343. The van der Waals surface area contributed by atoms with Crippen molar-refractivity contribution in [1.29, 1.82) is 0 Å². The summed E-state index contributed by atoms with van der Waals surface area (Å²) in [4.78, 5) is 26.9. The first kappa shape index (κ1) is 15.4. The molecule has 0 unspecified atom stereocenters. The fraction of sp³-hybridized carbons (Fsp3) is 0.0588. The van der Waals surface area contributed by atoms with Crippen LogP contribution in [0.5, 0.6) is 0 Å². The van der Waals surface area contributed by atoms with Gasteiger partial charge in [-0.15, -0.1) is 0 Å². The lowest BCUT2D eigenvalue weighted by Crippen LogP contribution is -2.29. The van der Waals surface area contributed by atoms with E-state index in [1.54, 1.807) is 42.5 Å². The minimum Gasteiger partial charge on any atom is -0.298 e. The van der Waals surface area contributed by atoms with E-state index in [0.29, 0.717) is 22.0 Å². The normalized spacial score (nSPS) is 10.4. The summed E-state index contributed by atoms with van der Waals surface area (Å²) in [6.45, 7) is 1.84. The highest BCUT2D eigenvalue weighted by atomic mass is 16.6. The number of hydrogen-bond donors (Lipinski definition) is 2. The molecule has 1 aromatic heterocycles. The van der Waals surface area contributed by atoms with Crippen LogP contribution in [0.3, 0.4) is 0 Å². The predicted octanol–water partition coefficient (Wildman–Crippen LogP) is 3.21. The first-order chi connectivity index (χ1) is 11.6. The molecule has 0 bridgehead atoms. The lowest BCUT2D eigenvalue weighted by Gasteiger charge is -2.11. The lowest BCUT2D eigenvalue weighted by molar-refractivity contribution is -0.383. The van der Waals surface area contributed by atoms with Crippen molar-refractivity contribution >= 4 is 28.1 Å². The van der Waals surface area contributed by atoms with Gasteiger partial charge in [0, 0.05) is 23.3 Å². The van der Waals surface area contributed by atoms with Gasteiger partial charge < -0.3 is 0 Å². The number of nitro groups is 1. The number of nitrogens with zero attached hydrogens (tertiary/aromatic N) is 2. The first-order valence-electron chi connectivity index (χ1n) is 7.21. The van der Waals surface area contributed by atoms with Crippen molar-refractivity contribution in [1.82, 2.24) is 10.4 Å². The Kier molecular flexibility index (Phi) is 4.07.